The fourth-order valence-corrected chi connectivity index (χ4v) is 4.32. The van der Waals surface area contributed by atoms with Gasteiger partial charge >= 0.3 is 0 Å². The normalized spacial score (nSPS) is 12.5. The third kappa shape index (κ3) is 3.64. The molecule has 1 N–H and O–H groups in total. The maximum Gasteiger partial charge on any atom is 0.231 e. The number of ether oxygens (including phenoxy) is 2. The highest BCUT2D eigenvalue weighted by Gasteiger charge is 2.16. The number of nitrogens with one attached hydrogen (secondary N) is 1. The predicted octanol–water partition coefficient (Wildman–Crippen LogP) is 4.00. The lowest BCUT2D eigenvalue weighted by Gasteiger charge is -2.10. The van der Waals surface area contributed by atoms with Crippen molar-refractivity contribution in [1.29, 1.82) is 0 Å². The average Bonchev–Trinajstić information content (AvgIpc) is 3.33. The Labute approximate surface area is 159 Å². The molecule has 3 heterocycles. The molecule has 0 atom stereocenters. The van der Waals surface area contributed by atoms with Gasteiger partial charge in [-0.05, 0) is 35.6 Å². The molecule has 0 bridgehead atoms. The van der Waals surface area contributed by atoms with Crippen molar-refractivity contribution in [1.82, 2.24) is 10.3 Å². The lowest BCUT2D eigenvalue weighted by molar-refractivity contribution is -0.118. The van der Waals surface area contributed by atoms with Crippen LogP contribution in [0.1, 0.15) is 17.4 Å². The highest BCUT2D eigenvalue weighted by Crippen LogP contribution is 2.37. The van der Waals surface area contributed by atoms with Crippen LogP contribution in [-0.4, -0.2) is 23.4 Å². The highest BCUT2D eigenvalue weighted by molar-refractivity contribution is 7.99. The number of fused-ring (bicyclic) bond motifs is 2. The van der Waals surface area contributed by atoms with Crippen LogP contribution < -0.4 is 14.8 Å². The molecule has 0 unspecified atom stereocenters. The van der Waals surface area contributed by atoms with Crippen LogP contribution in [0, 0.1) is 0 Å². The summed E-state index contributed by atoms with van der Waals surface area (Å²) in [6, 6.07) is 9.99. The average molecular weight is 386 g/mol. The van der Waals surface area contributed by atoms with Crippen LogP contribution >= 0.6 is 23.1 Å². The van der Waals surface area contributed by atoms with Crippen LogP contribution in [0.15, 0.2) is 40.7 Å². The van der Waals surface area contributed by atoms with Gasteiger partial charge in [0.25, 0.3) is 0 Å². The van der Waals surface area contributed by atoms with Crippen molar-refractivity contribution < 1.29 is 14.3 Å². The summed E-state index contributed by atoms with van der Waals surface area (Å²) in [5.74, 6) is 1.84. The molecule has 2 aromatic heterocycles. The lowest BCUT2D eigenvalue weighted by Crippen LogP contribution is -2.24. The summed E-state index contributed by atoms with van der Waals surface area (Å²) < 4.78 is 10.9. The molecule has 0 aliphatic carbocycles. The molecule has 0 saturated carbocycles. The molecule has 0 fully saturated rings. The lowest BCUT2D eigenvalue weighted by atomic mass is 10.1. The molecule has 4 rings (SSSR count). The number of hydrogen-bond donors (Lipinski definition) is 1. The minimum absolute atomic E-state index is 0.0121. The fraction of sp³-hybridized carbons (Fsp3) is 0.263. The third-order valence-electron chi connectivity index (χ3n) is 4.11. The summed E-state index contributed by atoms with van der Waals surface area (Å²) in [5, 5.41) is 6.88. The Morgan fingerprint density at radius 1 is 1.31 bits per heavy atom. The van der Waals surface area contributed by atoms with Crippen molar-refractivity contribution in [3.8, 4) is 11.5 Å². The quantitative estimate of drug-likeness (QED) is 0.649. The first-order chi connectivity index (χ1) is 12.7. The zero-order chi connectivity index (χ0) is 17.9. The van der Waals surface area contributed by atoms with Crippen LogP contribution in [0.5, 0.6) is 11.5 Å². The van der Waals surface area contributed by atoms with Gasteiger partial charge in [0.2, 0.25) is 12.7 Å². The van der Waals surface area contributed by atoms with Crippen molar-refractivity contribution in [3.05, 3.63) is 46.2 Å². The zero-order valence-corrected chi connectivity index (χ0v) is 15.9. The van der Waals surface area contributed by atoms with Crippen LogP contribution in [0.25, 0.3) is 10.9 Å². The van der Waals surface area contributed by atoms with Gasteiger partial charge in [0.05, 0.1) is 17.8 Å². The Bertz CT molecular complexity index is 942. The number of amides is 1. The SMILES string of the molecule is CCc1cc2cc3c(cc2nc1SCC(=O)NCc1cccs1)OCO3. The Hall–Kier alpha value is -2.25. The van der Waals surface area contributed by atoms with Crippen molar-refractivity contribution in [3.63, 3.8) is 0 Å². The van der Waals surface area contributed by atoms with E-state index in [0.29, 0.717) is 12.3 Å². The number of thiophene rings is 1. The van der Waals surface area contributed by atoms with Gasteiger partial charge < -0.3 is 14.8 Å². The molecule has 0 radical (unpaired) electrons. The number of carbonyl (C=O) groups is 1. The van der Waals surface area contributed by atoms with Gasteiger partial charge in [-0.15, -0.1) is 11.3 Å². The summed E-state index contributed by atoms with van der Waals surface area (Å²) in [4.78, 5) is 18.0. The smallest absolute Gasteiger partial charge is 0.231 e. The summed E-state index contributed by atoms with van der Waals surface area (Å²) >= 11 is 3.11. The molecule has 0 saturated heterocycles. The molecular weight excluding hydrogens is 368 g/mol. The highest BCUT2D eigenvalue weighted by atomic mass is 32.2. The van der Waals surface area contributed by atoms with Crippen molar-refractivity contribution in [2.45, 2.75) is 24.9 Å². The molecule has 0 spiro atoms. The minimum Gasteiger partial charge on any atom is -0.454 e. The Balaban J connectivity index is 1.48. The number of carbonyl (C=O) groups excluding carboxylic acids is 1. The van der Waals surface area contributed by atoms with E-state index in [1.54, 1.807) is 11.3 Å². The number of thioether (sulfide) groups is 1. The van der Waals surface area contributed by atoms with Gasteiger partial charge in [-0.3, -0.25) is 4.79 Å². The van der Waals surface area contributed by atoms with Crippen LogP contribution in [-0.2, 0) is 17.8 Å². The molecule has 7 heteroatoms. The standard InChI is InChI=1S/C19H18N2O3S2/c1-2-12-6-13-7-16-17(24-11-23-16)8-15(13)21-19(12)26-10-18(22)20-9-14-4-3-5-25-14/h3-8H,2,9-11H2,1H3,(H,20,22). The number of benzene rings is 1. The molecule has 1 aromatic carbocycles. The predicted molar refractivity (Wildman–Crippen MR) is 104 cm³/mol. The first-order valence-corrected chi connectivity index (χ1v) is 10.2. The second kappa shape index (κ2) is 7.55. The van der Waals surface area contributed by atoms with E-state index in [1.807, 2.05) is 29.6 Å². The number of hydrogen-bond acceptors (Lipinski definition) is 6. The second-order valence-corrected chi connectivity index (χ2v) is 7.85. The summed E-state index contributed by atoms with van der Waals surface area (Å²) in [6.45, 7) is 2.92. The van der Waals surface area contributed by atoms with E-state index in [1.165, 1.54) is 11.8 Å². The largest absolute Gasteiger partial charge is 0.454 e. The minimum atomic E-state index is 0.0121. The number of nitrogens with zero attached hydrogens (tertiary/aromatic N) is 1. The molecule has 1 amide bonds. The molecule has 1 aliphatic rings. The zero-order valence-electron chi connectivity index (χ0n) is 14.3. The maximum atomic E-state index is 12.1. The molecule has 3 aromatic rings. The van der Waals surface area contributed by atoms with E-state index < -0.39 is 0 Å². The van der Waals surface area contributed by atoms with E-state index >= 15 is 0 Å². The summed E-state index contributed by atoms with van der Waals surface area (Å²) in [5.41, 5.74) is 1.99. The van der Waals surface area contributed by atoms with Gasteiger partial charge in [0.15, 0.2) is 11.5 Å². The van der Waals surface area contributed by atoms with Gasteiger partial charge in [-0.2, -0.15) is 0 Å². The number of aryl methyl sites for hydroxylation is 1. The first-order valence-electron chi connectivity index (χ1n) is 8.38. The summed E-state index contributed by atoms with van der Waals surface area (Å²) in [6.07, 6.45) is 0.858. The maximum absolute atomic E-state index is 12.1. The Kier molecular flexibility index (Phi) is 4.99. The van der Waals surface area contributed by atoms with Gasteiger partial charge in [0, 0.05) is 16.3 Å². The second-order valence-electron chi connectivity index (χ2n) is 5.85. The van der Waals surface area contributed by atoms with Gasteiger partial charge in [-0.25, -0.2) is 4.98 Å². The molecule has 1 aliphatic heterocycles. The first kappa shape index (κ1) is 17.2. The van der Waals surface area contributed by atoms with Crippen LogP contribution in [0.3, 0.4) is 0 Å². The molecule has 26 heavy (non-hydrogen) atoms. The van der Waals surface area contributed by atoms with Crippen molar-refractivity contribution >= 4 is 39.9 Å². The number of rotatable bonds is 6. The Morgan fingerprint density at radius 3 is 2.92 bits per heavy atom. The topological polar surface area (TPSA) is 60.5 Å². The van der Waals surface area contributed by atoms with E-state index in [9.17, 15) is 4.79 Å². The van der Waals surface area contributed by atoms with Gasteiger partial charge in [0.1, 0.15) is 5.03 Å². The van der Waals surface area contributed by atoms with E-state index in [2.05, 4.69) is 18.3 Å². The number of pyridine rings is 1. The Morgan fingerprint density at radius 2 is 2.15 bits per heavy atom. The van der Waals surface area contributed by atoms with Crippen molar-refractivity contribution in [2.24, 2.45) is 0 Å². The summed E-state index contributed by atoms with van der Waals surface area (Å²) in [7, 11) is 0. The third-order valence-corrected chi connectivity index (χ3v) is 6.02. The van der Waals surface area contributed by atoms with E-state index in [-0.39, 0.29) is 12.7 Å². The monoisotopic (exact) mass is 386 g/mol. The van der Waals surface area contributed by atoms with Gasteiger partial charge in [-0.1, -0.05) is 24.8 Å². The molecule has 5 nitrogen and oxygen atoms in total. The van der Waals surface area contributed by atoms with E-state index in [4.69, 9.17) is 14.5 Å². The van der Waals surface area contributed by atoms with Crippen molar-refractivity contribution in [2.75, 3.05) is 12.5 Å². The fourth-order valence-electron chi connectivity index (χ4n) is 2.75. The molecular formula is C19H18N2O3S2. The van der Waals surface area contributed by atoms with Crippen LogP contribution in [0.2, 0.25) is 0 Å². The number of aromatic nitrogens is 1. The van der Waals surface area contributed by atoms with Crippen LogP contribution in [0.4, 0.5) is 0 Å². The van der Waals surface area contributed by atoms with E-state index in [0.717, 1.165) is 44.3 Å². The molecule has 134 valence electrons.